The normalized spacial score (nSPS) is 12.3. The van der Waals surface area contributed by atoms with Gasteiger partial charge in [0.25, 0.3) is 0 Å². The van der Waals surface area contributed by atoms with E-state index < -0.39 is 6.10 Å². The van der Waals surface area contributed by atoms with Crippen LogP contribution in [0.25, 0.3) is 0 Å². The average Bonchev–Trinajstić information content (AvgIpc) is 2.77. The first-order valence-electron chi connectivity index (χ1n) is 5.76. The largest absolute Gasteiger partial charge is 0.480 e. The van der Waals surface area contributed by atoms with Crippen LogP contribution in [0.15, 0.2) is 12.3 Å². The Bertz CT molecular complexity index is 564. The summed E-state index contributed by atoms with van der Waals surface area (Å²) in [6, 6.07) is 1.95. The lowest BCUT2D eigenvalue weighted by Crippen LogP contribution is -2.06. The molecule has 5 nitrogen and oxygen atoms in total. The van der Waals surface area contributed by atoms with Crippen molar-refractivity contribution < 1.29 is 14.6 Å². The van der Waals surface area contributed by atoms with Gasteiger partial charge < -0.3 is 14.6 Å². The molecule has 0 aliphatic rings. The topological polar surface area (TPSA) is 64.5 Å². The molecule has 1 atom stereocenters. The molecular weight excluding hydrogens is 264 g/mol. The number of methoxy groups -OCH3 is 2. The van der Waals surface area contributed by atoms with Gasteiger partial charge in [0.1, 0.15) is 11.8 Å². The van der Waals surface area contributed by atoms with Crippen LogP contribution in [0.1, 0.15) is 27.1 Å². The van der Waals surface area contributed by atoms with Crippen molar-refractivity contribution in [1.29, 1.82) is 0 Å². The molecule has 1 N–H and O–H groups in total. The summed E-state index contributed by atoms with van der Waals surface area (Å²) in [4.78, 5) is 10.3. The summed E-state index contributed by atoms with van der Waals surface area (Å²) in [6.45, 7) is 4.03. The number of thiophene rings is 1. The summed E-state index contributed by atoms with van der Waals surface area (Å²) in [6.07, 6.45) is 0.625. The lowest BCUT2D eigenvalue weighted by atomic mass is 10.2. The van der Waals surface area contributed by atoms with Crippen molar-refractivity contribution in [2.45, 2.75) is 20.0 Å². The summed E-state index contributed by atoms with van der Waals surface area (Å²) in [5.41, 5.74) is 1.55. The Balaban J connectivity index is 2.40. The number of aliphatic hydroxyl groups is 1. The predicted molar refractivity (Wildman–Crippen MR) is 73.0 cm³/mol. The van der Waals surface area contributed by atoms with E-state index in [9.17, 15) is 5.11 Å². The fourth-order valence-corrected chi connectivity index (χ4v) is 2.71. The van der Waals surface area contributed by atoms with E-state index in [4.69, 9.17) is 9.47 Å². The van der Waals surface area contributed by atoms with Crippen LogP contribution in [0, 0.1) is 13.8 Å². The Morgan fingerprint density at radius 2 is 2.00 bits per heavy atom. The van der Waals surface area contributed by atoms with E-state index in [0.717, 1.165) is 10.4 Å². The molecule has 2 aromatic rings. The zero-order chi connectivity index (χ0) is 14.0. The lowest BCUT2D eigenvalue weighted by molar-refractivity contribution is 0.210. The first-order chi connectivity index (χ1) is 9.06. The Morgan fingerprint density at radius 3 is 2.53 bits per heavy atom. The molecule has 0 fully saturated rings. The number of hydrogen-bond donors (Lipinski definition) is 1. The number of aromatic nitrogens is 2. The van der Waals surface area contributed by atoms with E-state index >= 15 is 0 Å². The predicted octanol–water partition coefficient (Wildman–Crippen LogP) is 2.25. The molecule has 19 heavy (non-hydrogen) atoms. The van der Waals surface area contributed by atoms with Gasteiger partial charge in [0.15, 0.2) is 0 Å². The van der Waals surface area contributed by atoms with Crippen LogP contribution in [0.2, 0.25) is 0 Å². The maximum atomic E-state index is 10.4. The van der Waals surface area contributed by atoms with Gasteiger partial charge in [-0.15, -0.1) is 11.3 Å². The third kappa shape index (κ3) is 2.69. The number of aliphatic hydroxyl groups excluding tert-OH is 1. The highest BCUT2D eigenvalue weighted by Gasteiger charge is 2.21. The molecule has 102 valence electrons. The van der Waals surface area contributed by atoms with E-state index in [2.05, 4.69) is 9.97 Å². The smallest absolute Gasteiger partial charge is 0.241 e. The van der Waals surface area contributed by atoms with Crippen molar-refractivity contribution in [2.75, 3.05) is 14.2 Å². The summed E-state index contributed by atoms with van der Waals surface area (Å²) < 4.78 is 10.1. The van der Waals surface area contributed by atoms with Gasteiger partial charge in [-0.05, 0) is 25.5 Å². The van der Waals surface area contributed by atoms with Crippen LogP contribution in [0.3, 0.4) is 0 Å². The molecule has 0 amide bonds. The first kappa shape index (κ1) is 13.8. The highest BCUT2D eigenvalue weighted by atomic mass is 32.1. The van der Waals surface area contributed by atoms with Gasteiger partial charge in [-0.1, -0.05) is 0 Å². The molecule has 0 spiro atoms. The molecule has 2 heterocycles. The Hall–Kier alpha value is -1.66. The zero-order valence-corrected chi connectivity index (χ0v) is 12.1. The van der Waals surface area contributed by atoms with Crippen LogP contribution in [-0.4, -0.2) is 29.3 Å². The van der Waals surface area contributed by atoms with Crippen LogP contribution in [0.5, 0.6) is 11.8 Å². The van der Waals surface area contributed by atoms with Gasteiger partial charge in [-0.2, -0.15) is 4.98 Å². The molecule has 0 aliphatic heterocycles. The number of aryl methyl sites for hydroxylation is 2. The summed E-state index contributed by atoms with van der Waals surface area (Å²) in [7, 11) is 3.00. The van der Waals surface area contributed by atoms with E-state index in [1.165, 1.54) is 25.3 Å². The molecule has 2 aromatic heterocycles. The molecular formula is C13H16N2O3S. The number of nitrogens with zero attached hydrogens (tertiary/aromatic N) is 2. The molecule has 0 aromatic carbocycles. The van der Waals surface area contributed by atoms with E-state index in [-0.39, 0.29) is 5.88 Å². The third-order valence-electron chi connectivity index (χ3n) is 2.86. The monoisotopic (exact) mass is 280 g/mol. The maximum absolute atomic E-state index is 10.4. The molecule has 0 aliphatic carbocycles. The molecule has 2 rings (SSSR count). The fraction of sp³-hybridized carbons (Fsp3) is 0.385. The molecule has 6 heteroatoms. The fourth-order valence-electron chi connectivity index (χ4n) is 1.67. The van der Waals surface area contributed by atoms with Crippen LogP contribution in [-0.2, 0) is 0 Å². The van der Waals surface area contributed by atoms with E-state index in [1.807, 2.05) is 19.9 Å². The van der Waals surface area contributed by atoms with Gasteiger partial charge in [0, 0.05) is 9.75 Å². The van der Waals surface area contributed by atoms with Gasteiger partial charge in [-0.3, -0.25) is 0 Å². The SMILES string of the molecule is COc1cnc(C(O)c2cc(C)c(C)s2)c(OC)n1. The first-order valence-corrected chi connectivity index (χ1v) is 6.58. The average molecular weight is 280 g/mol. The molecule has 0 radical (unpaired) electrons. The minimum atomic E-state index is -0.842. The van der Waals surface area contributed by atoms with Crippen LogP contribution >= 0.6 is 11.3 Å². The lowest BCUT2D eigenvalue weighted by Gasteiger charge is -2.12. The standard InChI is InChI=1S/C13H16N2O3S/c1-7-5-9(19-8(7)2)12(16)11-13(18-4)15-10(17-3)6-14-11/h5-6,12,16H,1-4H3. The van der Waals surface area contributed by atoms with Gasteiger partial charge in [0.2, 0.25) is 11.8 Å². The van der Waals surface area contributed by atoms with Crippen molar-refractivity contribution in [1.82, 2.24) is 9.97 Å². The number of hydrogen-bond acceptors (Lipinski definition) is 6. The minimum absolute atomic E-state index is 0.274. The van der Waals surface area contributed by atoms with E-state index in [1.54, 1.807) is 11.3 Å². The Kier molecular flexibility index (Phi) is 4.01. The second-order valence-electron chi connectivity index (χ2n) is 4.10. The van der Waals surface area contributed by atoms with Crippen molar-refractivity contribution in [3.63, 3.8) is 0 Å². The summed E-state index contributed by atoms with van der Waals surface area (Å²) >= 11 is 1.54. The summed E-state index contributed by atoms with van der Waals surface area (Å²) in [5, 5.41) is 10.4. The minimum Gasteiger partial charge on any atom is -0.480 e. The van der Waals surface area contributed by atoms with E-state index in [0.29, 0.717) is 11.6 Å². The highest BCUT2D eigenvalue weighted by molar-refractivity contribution is 7.12. The zero-order valence-electron chi connectivity index (χ0n) is 11.3. The second kappa shape index (κ2) is 5.54. The molecule has 0 saturated carbocycles. The van der Waals surface area contributed by atoms with Gasteiger partial charge >= 0.3 is 0 Å². The number of rotatable bonds is 4. The van der Waals surface area contributed by atoms with Crippen molar-refractivity contribution in [3.05, 3.63) is 33.3 Å². The van der Waals surface area contributed by atoms with Gasteiger partial charge in [0.05, 0.1) is 20.4 Å². The third-order valence-corrected chi connectivity index (χ3v) is 4.07. The Labute approximate surface area is 115 Å². The number of ether oxygens (including phenoxy) is 2. The van der Waals surface area contributed by atoms with Crippen LogP contribution < -0.4 is 9.47 Å². The van der Waals surface area contributed by atoms with Crippen LogP contribution in [0.4, 0.5) is 0 Å². The molecule has 0 saturated heterocycles. The molecule has 0 bridgehead atoms. The van der Waals surface area contributed by atoms with Crippen molar-refractivity contribution in [2.24, 2.45) is 0 Å². The molecule has 1 unspecified atom stereocenters. The highest BCUT2D eigenvalue weighted by Crippen LogP contribution is 2.33. The Morgan fingerprint density at radius 1 is 1.26 bits per heavy atom. The van der Waals surface area contributed by atoms with Gasteiger partial charge in [-0.25, -0.2) is 4.98 Å². The maximum Gasteiger partial charge on any atom is 0.241 e. The quantitative estimate of drug-likeness (QED) is 0.930. The summed E-state index contributed by atoms with van der Waals surface area (Å²) in [5.74, 6) is 0.627. The second-order valence-corrected chi connectivity index (χ2v) is 5.39. The van der Waals surface area contributed by atoms with Crippen molar-refractivity contribution in [3.8, 4) is 11.8 Å². The van der Waals surface area contributed by atoms with Crippen molar-refractivity contribution >= 4 is 11.3 Å².